The summed E-state index contributed by atoms with van der Waals surface area (Å²) in [5.74, 6) is 0.459. The van der Waals surface area contributed by atoms with Crippen molar-refractivity contribution in [3.63, 3.8) is 0 Å². The summed E-state index contributed by atoms with van der Waals surface area (Å²) in [7, 11) is 0. The van der Waals surface area contributed by atoms with Gasteiger partial charge in [0.05, 0.1) is 11.0 Å². The Labute approximate surface area is 127 Å². The molecule has 0 spiro atoms. The summed E-state index contributed by atoms with van der Waals surface area (Å²) < 4.78 is 5.79. The minimum absolute atomic E-state index is 0.137. The molecule has 0 aliphatic rings. The van der Waals surface area contributed by atoms with Crippen LogP contribution in [0, 0.1) is 10.1 Å². The molecule has 5 heteroatoms. The minimum atomic E-state index is -0.489. The smallest absolute Gasteiger partial charge is 0.296 e. The predicted octanol–water partition coefficient (Wildman–Crippen LogP) is 3.91. The second kappa shape index (κ2) is 5.73. The monoisotopic (exact) mass is 294 g/mol. The first-order valence-electron chi connectivity index (χ1n) is 6.79. The Morgan fingerprint density at radius 2 is 1.64 bits per heavy atom. The van der Waals surface area contributed by atoms with Crippen LogP contribution in [0.4, 0.5) is 11.4 Å². The van der Waals surface area contributed by atoms with E-state index >= 15 is 0 Å². The number of nitrogens with zero attached hydrogens (tertiary/aromatic N) is 1. The van der Waals surface area contributed by atoms with Crippen LogP contribution in [0.25, 0.3) is 10.8 Å². The summed E-state index contributed by atoms with van der Waals surface area (Å²) in [4.78, 5) is 10.7. The van der Waals surface area contributed by atoms with Gasteiger partial charge in [0.1, 0.15) is 18.0 Å². The average Bonchev–Trinajstić information content (AvgIpc) is 2.55. The van der Waals surface area contributed by atoms with E-state index in [4.69, 9.17) is 10.5 Å². The third-order valence-electron chi connectivity index (χ3n) is 3.46. The molecule has 22 heavy (non-hydrogen) atoms. The number of ether oxygens (including phenoxy) is 1. The molecule has 110 valence electrons. The maximum Gasteiger partial charge on any atom is 0.296 e. The van der Waals surface area contributed by atoms with Crippen molar-refractivity contribution < 1.29 is 9.66 Å². The fourth-order valence-corrected chi connectivity index (χ4v) is 2.36. The fraction of sp³-hybridized carbons (Fsp3) is 0.0588. The topological polar surface area (TPSA) is 78.4 Å². The highest BCUT2D eigenvalue weighted by Gasteiger charge is 2.18. The summed E-state index contributed by atoms with van der Waals surface area (Å²) in [5.41, 5.74) is 6.91. The van der Waals surface area contributed by atoms with Gasteiger partial charge in [-0.1, -0.05) is 54.6 Å². The molecule has 0 aliphatic carbocycles. The molecule has 0 amide bonds. The van der Waals surface area contributed by atoms with Crippen LogP contribution in [0.15, 0.2) is 60.7 Å². The zero-order chi connectivity index (χ0) is 15.5. The Kier molecular flexibility index (Phi) is 3.62. The number of nitro groups is 1. The average molecular weight is 294 g/mol. The summed E-state index contributed by atoms with van der Waals surface area (Å²) >= 11 is 0. The van der Waals surface area contributed by atoms with Gasteiger partial charge < -0.3 is 10.5 Å². The van der Waals surface area contributed by atoms with Crippen molar-refractivity contribution in [2.24, 2.45) is 0 Å². The molecule has 0 bridgehead atoms. The minimum Gasteiger partial charge on any atom is -0.488 e. The molecule has 2 N–H and O–H groups in total. The summed E-state index contributed by atoms with van der Waals surface area (Å²) in [6.45, 7) is 0.339. The van der Waals surface area contributed by atoms with Gasteiger partial charge in [0.15, 0.2) is 0 Å². The zero-order valence-corrected chi connectivity index (χ0v) is 11.7. The van der Waals surface area contributed by atoms with Crippen molar-refractivity contribution in [1.82, 2.24) is 0 Å². The first-order chi connectivity index (χ1) is 10.7. The number of nitrogen functional groups attached to an aromatic ring is 1. The van der Waals surface area contributed by atoms with Gasteiger partial charge in [-0.25, -0.2) is 0 Å². The molecule has 3 rings (SSSR count). The predicted molar refractivity (Wildman–Crippen MR) is 85.8 cm³/mol. The molecular weight excluding hydrogens is 280 g/mol. The summed E-state index contributed by atoms with van der Waals surface area (Å²) in [5, 5.41) is 12.6. The maximum absolute atomic E-state index is 11.2. The second-order valence-electron chi connectivity index (χ2n) is 4.88. The number of rotatable bonds is 4. The number of anilines is 1. The van der Waals surface area contributed by atoms with E-state index in [1.165, 1.54) is 6.07 Å². The number of hydrogen-bond donors (Lipinski definition) is 1. The van der Waals surface area contributed by atoms with Gasteiger partial charge in [0, 0.05) is 10.8 Å². The van der Waals surface area contributed by atoms with Crippen LogP contribution >= 0.6 is 0 Å². The first-order valence-corrected chi connectivity index (χ1v) is 6.79. The second-order valence-corrected chi connectivity index (χ2v) is 4.88. The van der Waals surface area contributed by atoms with E-state index in [-0.39, 0.29) is 11.4 Å². The van der Waals surface area contributed by atoms with Gasteiger partial charge in [-0.05, 0) is 5.56 Å². The SMILES string of the molecule is Nc1c([N+](=O)[O-])cc(OCc2ccccc2)c2ccccc12. The molecule has 0 radical (unpaired) electrons. The molecule has 3 aromatic rings. The number of benzene rings is 3. The van der Waals surface area contributed by atoms with Gasteiger partial charge in [-0.3, -0.25) is 10.1 Å². The van der Waals surface area contributed by atoms with E-state index in [0.717, 1.165) is 10.9 Å². The van der Waals surface area contributed by atoms with Crippen molar-refractivity contribution in [1.29, 1.82) is 0 Å². The summed E-state index contributed by atoms with van der Waals surface area (Å²) in [6.07, 6.45) is 0. The van der Waals surface area contributed by atoms with Gasteiger partial charge in [0.25, 0.3) is 5.69 Å². The fourth-order valence-electron chi connectivity index (χ4n) is 2.36. The largest absolute Gasteiger partial charge is 0.488 e. The molecule has 0 atom stereocenters. The Morgan fingerprint density at radius 1 is 1.00 bits per heavy atom. The number of nitro benzene ring substituents is 1. The Balaban J connectivity index is 2.04. The lowest BCUT2D eigenvalue weighted by Gasteiger charge is -2.11. The van der Waals surface area contributed by atoms with E-state index in [2.05, 4.69) is 0 Å². The van der Waals surface area contributed by atoms with Gasteiger partial charge in [-0.15, -0.1) is 0 Å². The highest BCUT2D eigenvalue weighted by Crippen LogP contribution is 2.37. The Morgan fingerprint density at radius 3 is 2.32 bits per heavy atom. The molecule has 0 saturated carbocycles. The van der Waals surface area contributed by atoms with Crippen molar-refractivity contribution in [2.75, 3.05) is 5.73 Å². The highest BCUT2D eigenvalue weighted by atomic mass is 16.6. The third-order valence-corrected chi connectivity index (χ3v) is 3.46. The quantitative estimate of drug-likeness (QED) is 0.449. The molecule has 0 aromatic heterocycles. The molecule has 5 nitrogen and oxygen atoms in total. The molecule has 0 heterocycles. The lowest BCUT2D eigenvalue weighted by Crippen LogP contribution is -2.00. The van der Waals surface area contributed by atoms with Crippen LogP contribution in [0.1, 0.15) is 5.56 Å². The van der Waals surface area contributed by atoms with E-state index in [0.29, 0.717) is 17.7 Å². The van der Waals surface area contributed by atoms with Crippen LogP contribution in [0.2, 0.25) is 0 Å². The van der Waals surface area contributed by atoms with Gasteiger partial charge in [0.2, 0.25) is 0 Å². The summed E-state index contributed by atoms with van der Waals surface area (Å²) in [6, 6.07) is 18.3. The van der Waals surface area contributed by atoms with E-state index < -0.39 is 4.92 Å². The van der Waals surface area contributed by atoms with Crippen molar-refractivity contribution in [3.8, 4) is 5.75 Å². The third kappa shape index (κ3) is 2.56. The first kappa shape index (κ1) is 13.9. The normalized spacial score (nSPS) is 10.5. The van der Waals surface area contributed by atoms with Crippen LogP contribution < -0.4 is 10.5 Å². The van der Waals surface area contributed by atoms with Crippen LogP contribution in [0.5, 0.6) is 5.75 Å². The Bertz CT molecular complexity index is 832. The number of fused-ring (bicyclic) bond motifs is 1. The Hall–Kier alpha value is -3.08. The van der Waals surface area contributed by atoms with Crippen LogP contribution in [-0.2, 0) is 6.61 Å². The molecular formula is C17H14N2O3. The van der Waals surface area contributed by atoms with E-state index in [1.807, 2.05) is 42.5 Å². The van der Waals surface area contributed by atoms with E-state index in [9.17, 15) is 10.1 Å². The van der Waals surface area contributed by atoms with Crippen molar-refractivity contribution in [2.45, 2.75) is 6.61 Å². The molecule has 0 aliphatic heterocycles. The zero-order valence-electron chi connectivity index (χ0n) is 11.7. The van der Waals surface area contributed by atoms with Crippen LogP contribution in [0.3, 0.4) is 0 Å². The van der Waals surface area contributed by atoms with Crippen molar-refractivity contribution >= 4 is 22.1 Å². The molecule has 0 unspecified atom stereocenters. The standard InChI is InChI=1S/C17H14N2O3/c18-17-14-9-5-4-8-13(14)16(10-15(17)19(20)21)22-11-12-6-2-1-3-7-12/h1-10H,11,18H2. The number of hydrogen-bond acceptors (Lipinski definition) is 4. The molecule has 0 fully saturated rings. The van der Waals surface area contributed by atoms with Gasteiger partial charge in [-0.2, -0.15) is 0 Å². The lowest BCUT2D eigenvalue weighted by molar-refractivity contribution is -0.383. The number of nitrogens with two attached hydrogens (primary N) is 1. The highest BCUT2D eigenvalue weighted by molar-refractivity contribution is 6.01. The van der Waals surface area contributed by atoms with Crippen LogP contribution in [-0.4, -0.2) is 4.92 Å². The lowest BCUT2D eigenvalue weighted by atomic mass is 10.1. The maximum atomic E-state index is 11.2. The van der Waals surface area contributed by atoms with Crippen molar-refractivity contribution in [3.05, 3.63) is 76.3 Å². The van der Waals surface area contributed by atoms with E-state index in [1.54, 1.807) is 12.1 Å². The van der Waals surface area contributed by atoms with Gasteiger partial charge >= 0.3 is 0 Å². The molecule has 0 saturated heterocycles. The molecule has 3 aromatic carbocycles.